The zero-order valence-electron chi connectivity index (χ0n) is 9.02. The Bertz CT molecular complexity index is 634. The van der Waals surface area contributed by atoms with E-state index in [1.54, 1.807) is 24.4 Å². The van der Waals surface area contributed by atoms with Gasteiger partial charge in [-0.15, -0.1) is 0 Å². The first-order chi connectivity index (χ1) is 8.08. The van der Waals surface area contributed by atoms with Gasteiger partial charge >= 0.3 is 0 Å². The number of pyridine rings is 1. The number of nitrogens with two attached hydrogens (primary N) is 1. The Kier molecular flexibility index (Phi) is 3.15. The topological polar surface area (TPSA) is 65.1 Å². The van der Waals surface area contributed by atoms with Crippen molar-refractivity contribution in [1.82, 2.24) is 4.57 Å². The van der Waals surface area contributed by atoms with Gasteiger partial charge in [0.1, 0.15) is 0 Å². The molecular formula is C12H11ClN2O2. The molecule has 0 bridgehead atoms. The number of hydrogen-bond donors (Lipinski definition) is 1. The van der Waals surface area contributed by atoms with Crippen molar-refractivity contribution in [2.75, 3.05) is 0 Å². The molecule has 0 aliphatic rings. The molecule has 4 nitrogen and oxygen atoms in total. The molecule has 0 spiro atoms. The van der Waals surface area contributed by atoms with Crippen molar-refractivity contribution >= 4 is 28.4 Å². The van der Waals surface area contributed by atoms with Crippen LogP contribution in [0.5, 0.6) is 0 Å². The molecule has 0 aliphatic heterocycles. The van der Waals surface area contributed by atoms with Gasteiger partial charge in [0.15, 0.2) is 5.43 Å². The molecule has 0 saturated heterocycles. The second-order valence-electron chi connectivity index (χ2n) is 3.75. The number of fused-ring (bicyclic) bond motifs is 1. The zero-order valence-corrected chi connectivity index (χ0v) is 9.78. The third-order valence-corrected chi connectivity index (χ3v) is 2.77. The van der Waals surface area contributed by atoms with Crippen LogP contribution in [0.1, 0.15) is 6.42 Å². The molecule has 17 heavy (non-hydrogen) atoms. The fourth-order valence-electron chi connectivity index (χ4n) is 1.71. The second kappa shape index (κ2) is 4.59. The highest BCUT2D eigenvalue weighted by Gasteiger charge is 2.04. The largest absolute Gasteiger partial charge is 0.370 e. The molecule has 1 heterocycles. The summed E-state index contributed by atoms with van der Waals surface area (Å²) in [5.74, 6) is -0.370. The lowest BCUT2D eigenvalue weighted by atomic mass is 10.2. The number of nitrogens with zero attached hydrogens (tertiary/aromatic N) is 1. The molecule has 1 aromatic heterocycles. The zero-order chi connectivity index (χ0) is 12.4. The fraction of sp³-hybridized carbons (Fsp3) is 0.167. The van der Waals surface area contributed by atoms with Crippen molar-refractivity contribution in [2.24, 2.45) is 5.73 Å². The molecule has 2 N–H and O–H groups in total. The van der Waals surface area contributed by atoms with Crippen molar-refractivity contribution in [3.8, 4) is 0 Å². The van der Waals surface area contributed by atoms with Crippen LogP contribution in [0.25, 0.3) is 10.9 Å². The van der Waals surface area contributed by atoms with E-state index in [0.717, 1.165) is 5.52 Å². The summed E-state index contributed by atoms with van der Waals surface area (Å²) in [7, 11) is 0. The summed E-state index contributed by atoms with van der Waals surface area (Å²) in [6.45, 7) is 0.452. The van der Waals surface area contributed by atoms with Crippen LogP contribution >= 0.6 is 11.6 Å². The van der Waals surface area contributed by atoms with Crippen molar-refractivity contribution in [1.29, 1.82) is 0 Å². The molecule has 88 valence electrons. The molecule has 1 aromatic carbocycles. The summed E-state index contributed by atoms with van der Waals surface area (Å²) in [6, 6.07) is 6.56. The Morgan fingerprint density at radius 2 is 2.12 bits per heavy atom. The fourth-order valence-corrected chi connectivity index (χ4v) is 1.88. The maximum atomic E-state index is 11.7. The monoisotopic (exact) mass is 250 g/mol. The predicted molar refractivity (Wildman–Crippen MR) is 67.0 cm³/mol. The first-order valence-electron chi connectivity index (χ1n) is 5.15. The molecule has 2 rings (SSSR count). The molecule has 0 aliphatic carbocycles. The summed E-state index contributed by atoms with van der Waals surface area (Å²) >= 11 is 5.85. The van der Waals surface area contributed by atoms with E-state index in [0.29, 0.717) is 17.0 Å². The molecule has 1 amide bonds. The number of carbonyl (C=O) groups is 1. The summed E-state index contributed by atoms with van der Waals surface area (Å²) in [5.41, 5.74) is 5.77. The number of rotatable bonds is 3. The summed E-state index contributed by atoms with van der Waals surface area (Å²) in [6.07, 6.45) is 1.89. The Balaban J connectivity index is 2.54. The van der Waals surface area contributed by atoms with Gasteiger partial charge in [-0.2, -0.15) is 0 Å². The predicted octanol–water partition coefficient (Wildman–Crippen LogP) is 1.53. The molecule has 0 radical (unpaired) electrons. The van der Waals surface area contributed by atoms with Gasteiger partial charge in [0, 0.05) is 35.6 Å². The van der Waals surface area contributed by atoms with Crippen LogP contribution < -0.4 is 11.2 Å². The lowest BCUT2D eigenvalue weighted by Gasteiger charge is -2.09. The average molecular weight is 251 g/mol. The Morgan fingerprint density at radius 1 is 1.35 bits per heavy atom. The van der Waals surface area contributed by atoms with Crippen LogP contribution in [-0.4, -0.2) is 10.5 Å². The summed E-state index contributed by atoms with van der Waals surface area (Å²) in [4.78, 5) is 22.4. The standard InChI is InChI=1S/C12H11ClN2O2/c13-8-1-2-10-9(7-8)11(16)3-5-15(10)6-4-12(14)17/h1-3,5,7H,4,6H2,(H2,14,17). The highest BCUT2D eigenvalue weighted by molar-refractivity contribution is 6.31. The van der Waals surface area contributed by atoms with E-state index in [2.05, 4.69) is 0 Å². The van der Waals surface area contributed by atoms with Crippen molar-refractivity contribution in [3.05, 3.63) is 45.7 Å². The van der Waals surface area contributed by atoms with Crippen molar-refractivity contribution in [2.45, 2.75) is 13.0 Å². The maximum absolute atomic E-state index is 11.7. The lowest BCUT2D eigenvalue weighted by molar-refractivity contribution is -0.118. The smallest absolute Gasteiger partial charge is 0.219 e. The Labute approximate surface area is 103 Å². The van der Waals surface area contributed by atoms with Crippen LogP contribution in [-0.2, 0) is 11.3 Å². The van der Waals surface area contributed by atoms with E-state index in [-0.39, 0.29) is 17.8 Å². The Hall–Kier alpha value is -1.81. The highest BCUT2D eigenvalue weighted by atomic mass is 35.5. The van der Waals surface area contributed by atoms with Crippen molar-refractivity contribution < 1.29 is 4.79 Å². The van der Waals surface area contributed by atoms with E-state index in [4.69, 9.17) is 17.3 Å². The molecule has 0 saturated carbocycles. The van der Waals surface area contributed by atoms with Crippen LogP contribution in [0.4, 0.5) is 0 Å². The molecule has 0 unspecified atom stereocenters. The van der Waals surface area contributed by atoms with Gasteiger partial charge in [0.25, 0.3) is 0 Å². The molecule has 2 aromatic rings. The van der Waals surface area contributed by atoms with Crippen LogP contribution in [0.15, 0.2) is 35.3 Å². The van der Waals surface area contributed by atoms with Gasteiger partial charge in [0.05, 0.1) is 5.52 Å². The minimum absolute atomic E-state index is 0.0853. The van der Waals surface area contributed by atoms with Crippen LogP contribution in [0, 0.1) is 0 Å². The normalized spacial score (nSPS) is 10.6. The number of benzene rings is 1. The number of aryl methyl sites for hydroxylation is 1. The number of halogens is 1. The van der Waals surface area contributed by atoms with Crippen LogP contribution in [0.3, 0.4) is 0 Å². The quantitative estimate of drug-likeness (QED) is 0.898. The minimum Gasteiger partial charge on any atom is -0.370 e. The van der Waals surface area contributed by atoms with Gasteiger partial charge in [0.2, 0.25) is 5.91 Å². The number of carbonyl (C=O) groups excluding carboxylic acids is 1. The van der Waals surface area contributed by atoms with Gasteiger partial charge < -0.3 is 10.3 Å². The Morgan fingerprint density at radius 3 is 2.82 bits per heavy atom. The SMILES string of the molecule is NC(=O)CCn1ccc(=O)c2cc(Cl)ccc21. The summed E-state index contributed by atoms with van der Waals surface area (Å²) in [5, 5.41) is 1.06. The van der Waals surface area contributed by atoms with E-state index in [1.807, 2.05) is 4.57 Å². The average Bonchev–Trinajstić information content (AvgIpc) is 2.28. The van der Waals surface area contributed by atoms with Gasteiger partial charge in [-0.05, 0) is 18.2 Å². The van der Waals surface area contributed by atoms with Crippen LogP contribution in [0.2, 0.25) is 5.02 Å². The van der Waals surface area contributed by atoms with Gasteiger partial charge in [-0.3, -0.25) is 9.59 Å². The number of amides is 1. The molecular weight excluding hydrogens is 240 g/mol. The number of aromatic nitrogens is 1. The first kappa shape index (κ1) is 11.7. The number of hydrogen-bond acceptors (Lipinski definition) is 2. The third kappa shape index (κ3) is 2.47. The van der Waals surface area contributed by atoms with E-state index < -0.39 is 0 Å². The van der Waals surface area contributed by atoms with Gasteiger partial charge in [-0.25, -0.2) is 0 Å². The molecule has 0 fully saturated rings. The van der Waals surface area contributed by atoms with E-state index in [1.165, 1.54) is 6.07 Å². The molecule has 0 atom stereocenters. The van der Waals surface area contributed by atoms with E-state index >= 15 is 0 Å². The molecule has 5 heteroatoms. The summed E-state index contributed by atoms with van der Waals surface area (Å²) < 4.78 is 1.82. The van der Waals surface area contributed by atoms with Crippen molar-refractivity contribution in [3.63, 3.8) is 0 Å². The third-order valence-electron chi connectivity index (χ3n) is 2.54. The lowest BCUT2D eigenvalue weighted by Crippen LogP contribution is -2.15. The highest BCUT2D eigenvalue weighted by Crippen LogP contribution is 2.16. The van der Waals surface area contributed by atoms with Gasteiger partial charge in [-0.1, -0.05) is 11.6 Å². The second-order valence-corrected chi connectivity index (χ2v) is 4.19. The van der Waals surface area contributed by atoms with E-state index in [9.17, 15) is 9.59 Å². The minimum atomic E-state index is -0.370. The maximum Gasteiger partial charge on any atom is 0.219 e. The number of primary amides is 1. The first-order valence-corrected chi connectivity index (χ1v) is 5.53.